The summed E-state index contributed by atoms with van der Waals surface area (Å²) in [5, 5.41) is 18.2. The molecule has 0 aliphatic heterocycles. The Morgan fingerprint density at radius 1 is 1.24 bits per heavy atom. The molecule has 1 aromatic carbocycles. The number of thiophene rings is 1. The summed E-state index contributed by atoms with van der Waals surface area (Å²) in [5.41, 5.74) is 0.889. The van der Waals surface area contributed by atoms with E-state index >= 15 is 0 Å². The summed E-state index contributed by atoms with van der Waals surface area (Å²) in [6.07, 6.45) is 0. The molecule has 0 saturated heterocycles. The maximum Gasteiger partial charge on any atom is 0.345 e. The number of carbonyl (C=O) groups is 1. The van der Waals surface area contributed by atoms with Crippen molar-refractivity contribution in [2.75, 3.05) is 4.72 Å². The fourth-order valence-electron chi connectivity index (χ4n) is 1.80. The van der Waals surface area contributed by atoms with Crippen LogP contribution in [0, 0.1) is 13.8 Å². The van der Waals surface area contributed by atoms with Gasteiger partial charge in [-0.2, -0.15) is 0 Å². The van der Waals surface area contributed by atoms with E-state index in [0.29, 0.717) is 16.1 Å². The number of aromatic carboxylic acids is 1. The Morgan fingerprint density at radius 2 is 1.90 bits per heavy atom. The van der Waals surface area contributed by atoms with Gasteiger partial charge in [0.05, 0.1) is 5.69 Å². The van der Waals surface area contributed by atoms with Gasteiger partial charge in [-0.1, -0.05) is 0 Å². The van der Waals surface area contributed by atoms with Gasteiger partial charge in [0, 0.05) is 4.88 Å². The standard InChI is InChI=1S/C13H13NO5S2/c1-7-5-9(15)3-4-10(7)14-21(18,19)12-6-11(13(16)17)20-8(12)2/h3-6,14-15H,1-2H3,(H,16,17). The summed E-state index contributed by atoms with van der Waals surface area (Å²) in [7, 11) is -3.88. The minimum absolute atomic E-state index is 0.0321. The first-order valence-electron chi connectivity index (χ1n) is 5.87. The second kappa shape index (κ2) is 5.38. The lowest BCUT2D eigenvalue weighted by atomic mass is 10.2. The zero-order chi connectivity index (χ0) is 15.8. The summed E-state index contributed by atoms with van der Waals surface area (Å²) in [6.45, 7) is 3.20. The van der Waals surface area contributed by atoms with Gasteiger partial charge in [0.15, 0.2) is 0 Å². The Kier molecular flexibility index (Phi) is 3.93. The number of phenolic OH excluding ortho intramolecular Hbond substituents is 1. The summed E-state index contributed by atoms with van der Waals surface area (Å²) in [4.78, 5) is 11.2. The smallest absolute Gasteiger partial charge is 0.345 e. The molecule has 112 valence electrons. The van der Waals surface area contributed by atoms with Crippen molar-refractivity contribution in [1.82, 2.24) is 0 Å². The number of benzene rings is 1. The molecule has 6 nitrogen and oxygen atoms in total. The molecule has 0 amide bonds. The van der Waals surface area contributed by atoms with Gasteiger partial charge in [0.2, 0.25) is 0 Å². The van der Waals surface area contributed by atoms with Gasteiger partial charge >= 0.3 is 5.97 Å². The maximum absolute atomic E-state index is 12.3. The molecule has 0 atom stereocenters. The minimum atomic E-state index is -3.88. The number of nitrogens with one attached hydrogen (secondary N) is 1. The Hall–Kier alpha value is -2.06. The number of aryl methyl sites for hydroxylation is 2. The lowest BCUT2D eigenvalue weighted by Gasteiger charge is -2.10. The molecule has 0 radical (unpaired) electrons. The SMILES string of the molecule is Cc1cc(O)ccc1NS(=O)(=O)c1cc(C(=O)O)sc1C. The molecular weight excluding hydrogens is 314 g/mol. The van der Waals surface area contributed by atoms with Crippen molar-refractivity contribution in [2.24, 2.45) is 0 Å². The molecule has 1 heterocycles. The molecule has 2 aromatic rings. The molecule has 0 unspecified atom stereocenters. The van der Waals surface area contributed by atoms with Crippen LogP contribution in [0.2, 0.25) is 0 Å². The van der Waals surface area contributed by atoms with Gasteiger partial charge in [0.1, 0.15) is 15.5 Å². The molecule has 1 aromatic heterocycles. The van der Waals surface area contributed by atoms with Crippen LogP contribution in [-0.2, 0) is 10.0 Å². The highest BCUT2D eigenvalue weighted by atomic mass is 32.2. The van der Waals surface area contributed by atoms with Crippen molar-refractivity contribution in [3.63, 3.8) is 0 Å². The van der Waals surface area contributed by atoms with Crippen LogP contribution in [0.25, 0.3) is 0 Å². The first kappa shape index (κ1) is 15.3. The van der Waals surface area contributed by atoms with Crippen LogP contribution in [0.15, 0.2) is 29.2 Å². The molecule has 0 bridgehead atoms. The first-order chi connectivity index (χ1) is 9.70. The molecule has 2 rings (SSSR count). The highest BCUT2D eigenvalue weighted by Gasteiger charge is 2.22. The third-order valence-electron chi connectivity index (χ3n) is 2.83. The van der Waals surface area contributed by atoms with Crippen LogP contribution in [0.3, 0.4) is 0 Å². The van der Waals surface area contributed by atoms with Crippen molar-refractivity contribution in [3.05, 3.63) is 39.6 Å². The maximum atomic E-state index is 12.3. The van der Waals surface area contributed by atoms with E-state index in [1.54, 1.807) is 13.8 Å². The number of hydrogen-bond donors (Lipinski definition) is 3. The second-order valence-corrected chi connectivity index (χ2v) is 7.35. The van der Waals surface area contributed by atoms with Gasteiger partial charge in [-0.3, -0.25) is 4.72 Å². The van der Waals surface area contributed by atoms with Gasteiger partial charge in [-0.05, 0) is 43.7 Å². The highest BCUT2D eigenvalue weighted by molar-refractivity contribution is 7.93. The Morgan fingerprint density at radius 3 is 2.43 bits per heavy atom. The Balaban J connectivity index is 2.41. The van der Waals surface area contributed by atoms with E-state index in [1.165, 1.54) is 18.2 Å². The predicted octanol–water partition coefficient (Wildman–Crippen LogP) is 2.57. The number of anilines is 1. The largest absolute Gasteiger partial charge is 0.508 e. The van der Waals surface area contributed by atoms with Gasteiger partial charge in [0.25, 0.3) is 10.0 Å². The number of carboxylic acid groups (broad SMARTS) is 1. The molecule has 3 N–H and O–H groups in total. The summed E-state index contributed by atoms with van der Waals surface area (Å²) < 4.78 is 27.1. The number of hydrogen-bond acceptors (Lipinski definition) is 5. The van der Waals surface area contributed by atoms with E-state index in [4.69, 9.17) is 5.11 Å². The Labute approximate surface area is 125 Å². The van der Waals surface area contributed by atoms with Crippen LogP contribution < -0.4 is 4.72 Å². The number of aromatic hydroxyl groups is 1. The van der Waals surface area contributed by atoms with Gasteiger partial charge in [-0.15, -0.1) is 11.3 Å². The summed E-state index contributed by atoms with van der Waals surface area (Å²) >= 11 is 0.908. The average Bonchev–Trinajstić information content (AvgIpc) is 2.76. The minimum Gasteiger partial charge on any atom is -0.508 e. The van der Waals surface area contributed by atoms with Crippen LogP contribution in [0.5, 0.6) is 5.75 Å². The van der Waals surface area contributed by atoms with Crippen molar-refractivity contribution in [2.45, 2.75) is 18.7 Å². The molecule has 0 saturated carbocycles. The molecule has 21 heavy (non-hydrogen) atoms. The fraction of sp³-hybridized carbons (Fsp3) is 0.154. The van der Waals surface area contributed by atoms with E-state index in [-0.39, 0.29) is 15.5 Å². The van der Waals surface area contributed by atoms with E-state index in [1.807, 2.05) is 0 Å². The predicted molar refractivity (Wildman–Crippen MR) is 79.7 cm³/mol. The Bertz CT molecular complexity index is 808. The summed E-state index contributed by atoms with van der Waals surface area (Å²) in [6, 6.07) is 5.39. The molecule has 0 fully saturated rings. The van der Waals surface area contributed by atoms with Crippen LogP contribution in [-0.4, -0.2) is 24.6 Å². The van der Waals surface area contributed by atoms with Crippen LogP contribution in [0.1, 0.15) is 20.1 Å². The average molecular weight is 327 g/mol. The van der Waals surface area contributed by atoms with E-state index in [0.717, 1.165) is 17.4 Å². The van der Waals surface area contributed by atoms with Crippen molar-refractivity contribution in [1.29, 1.82) is 0 Å². The quantitative estimate of drug-likeness (QED) is 0.749. The molecule has 0 aliphatic carbocycles. The zero-order valence-electron chi connectivity index (χ0n) is 11.2. The highest BCUT2D eigenvalue weighted by Crippen LogP contribution is 2.29. The molecule has 0 aliphatic rings. The number of rotatable bonds is 4. The summed E-state index contributed by atoms with van der Waals surface area (Å²) in [5.74, 6) is -1.12. The van der Waals surface area contributed by atoms with E-state index in [9.17, 15) is 18.3 Å². The van der Waals surface area contributed by atoms with Gasteiger partial charge < -0.3 is 10.2 Å². The lowest BCUT2D eigenvalue weighted by Crippen LogP contribution is -2.14. The van der Waals surface area contributed by atoms with Crippen molar-refractivity contribution >= 4 is 33.0 Å². The van der Waals surface area contributed by atoms with E-state index < -0.39 is 16.0 Å². The number of carboxylic acids is 1. The van der Waals surface area contributed by atoms with E-state index in [2.05, 4.69) is 4.72 Å². The topological polar surface area (TPSA) is 104 Å². The molecule has 8 heteroatoms. The molecular formula is C13H13NO5S2. The van der Waals surface area contributed by atoms with Crippen molar-refractivity contribution < 1.29 is 23.4 Å². The normalized spacial score (nSPS) is 11.3. The fourth-order valence-corrected chi connectivity index (χ4v) is 4.36. The van der Waals surface area contributed by atoms with Crippen molar-refractivity contribution in [3.8, 4) is 5.75 Å². The second-order valence-electron chi connectivity index (χ2n) is 4.44. The van der Waals surface area contributed by atoms with Crippen LogP contribution in [0.4, 0.5) is 5.69 Å². The monoisotopic (exact) mass is 327 g/mol. The first-order valence-corrected chi connectivity index (χ1v) is 8.17. The van der Waals surface area contributed by atoms with Crippen LogP contribution >= 0.6 is 11.3 Å². The number of phenols is 1. The third kappa shape index (κ3) is 3.17. The zero-order valence-corrected chi connectivity index (χ0v) is 12.9. The number of sulfonamides is 1. The third-order valence-corrected chi connectivity index (χ3v) is 5.49. The van der Waals surface area contributed by atoms with Gasteiger partial charge in [-0.25, -0.2) is 13.2 Å². The lowest BCUT2D eigenvalue weighted by molar-refractivity contribution is 0.0702. The molecule has 0 spiro atoms.